The summed E-state index contributed by atoms with van der Waals surface area (Å²) < 4.78 is 5.43. The molecule has 0 bridgehead atoms. The van der Waals surface area contributed by atoms with Crippen molar-refractivity contribution in [3.8, 4) is 0 Å². The van der Waals surface area contributed by atoms with Gasteiger partial charge in [-0.05, 0) is 64.0 Å². The average molecular weight is 649 g/mol. The minimum atomic E-state index is -0.232. The van der Waals surface area contributed by atoms with Crippen LogP contribution in [0.3, 0.4) is 0 Å². The molecule has 274 valence electrons. The second-order valence-electron chi connectivity index (χ2n) is 15.2. The van der Waals surface area contributed by atoms with Crippen LogP contribution < -0.4 is 5.32 Å². The number of rotatable bonds is 35. The maximum absolute atomic E-state index is 12.3. The lowest BCUT2D eigenvalue weighted by molar-refractivity contribution is 0.139. The van der Waals surface area contributed by atoms with Crippen LogP contribution in [-0.2, 0) is 4.74 Å². The first-order valence-corrected chi connectivity index (χ1v) is 20.6. The second kappa shape index (κ2) is 35.3. The van der Waals surface area contributed by atoms with Gasteiger partial charge in [-0.3, -0.25) is 0 Å². The maximum atomic E-state index is 12.3. The van der Waals surface area contributed by atoms with Crippen molar-refractivity contribution in [1.29, 1.82) is 0 Å². The van der Waals surface area contributed by atoms with Gasteiger partial charge in [0.2, 0.25) is 0 Å². The number of hydrogen-bond donors (Lipinski definition) is 1. The van der Waals surface area contributed by atoms with Crippen molar-refractivity contribution in [2.45, 2.75) is 201 Å². The predicted octanol–water partition coefficient (Wildman–Crippen LogP) is 13.3. The molecule has 0 aromatic rings. The zero-order valence-corrected chi connectivity index (χ0v) is 32.4. The van der Waals surface area contributed by atoms with Gasteiger partial charge in [-0.2, -0.15) is 0 Å². The van der Waals surface area contributed by atoms with Crippen LogP contribution in [0.1, 0.15) is 201 Å². The van der Waals surface area contributed by atoms with Gasteiger partial charge in [0.05, 0.1) is 6.61 Å². The van der Waals surface area contributed by atoms with Gasteiger partial charge >= 0.3 is 6.09 Å². The van der Waals surface area contributed by atoms with Crippen molar-refractivity contribution in [2.75, 3.05) is 33.8 Å². The van der Waals surface area contributed by atoms with Crippen molar-refractivity contribution < 1.29 is 9.53 Å². The Morgan fingerprint density at radius 2 is 1.09 bits per heavy atom. The number of amides is 1. The van der Waals surface area contributed by atoms with Gasteiger partial charge in [-0.15, -0.1) is 0 Å². The van der Waals surface area contributed by atoms with Crippen LogP contribution in [0.5, 0.6) is 0 Å². The molecular formula is C42H84N2O2. The molecule has 0 aromatic carbocycles. The van der Waals surface area contributed by atoms with Gasteiger partial charge in [0.1, 0.15) is 0 Å². The van der Waals surface area contributed by atoms with Crippen molar-refractivity contribution in [2.24, 2.45) is 17.8 Å². The van der Waals surface area contributed by atoms with E-state index in [1.807, 2.05) is 0 Å². The van der Waals surface area contributed by atoms with E-state index >= 15 is 0 Å². The number of carbonyl (C=O) groups excluding carboxylic acids is 1. The first-order valence-electron chi connectivity index (χ1n) is 20.6. The van der Waals surface area contributed by atoms with E-state index in [9.17, 15) is 4.79 Å². The van der Waals surface area contributed by atoms with Crippen LogP contribution in [0.4, 0.5) is 4.79 Å². The molecule has 4 nitrogen and oxygen atoms in total. The Kier molecular flexibility index (Phi) is 34.5. The zero-order chi connectivity index (χ0) is 33.9. The first-order chi connectivity index (χ1) is 22.4. The molecule has 0 spiro atoms. The first kappa shape index (κ1) is 45.0. The Bertz CT molecular complexity index is 650. The smallest absolute Gasteiger partial charge is 0.407 e. The third kappa shape index (κ3) is 34.3. The highest BCUT2D eigenvalue weighted by Gasteiger charge is 2.12. The van der Waals surface area contributed by atoms with Crippen LogP contribution in [0.15, 0.2) is 12.2 Å². The lowest BCUT2D eigenvalue weighted by atomic mass is 9.93. The van der Waals surface area contributed by atoms with Crippen LogP contribution >= 0.6 is 0 Å². The fraction of sp³-hybridized carbons (Fsp3) is 0.929. The molecule has 0 radical (unpaired) electrons. The molecule has 46 heavy (non-hydrogen) atoms. The Balaban J connectivity index is 4.14. The van der Waals surface area contributed by atoms with E-state index in [1.165, 1.54) is 167 Å². The molecule has 0 saturated heterocycles. The summed E-state index contributed by atoms with van der Waals surface area (Å²) in [5.41, 5.74) is 0. The molecule has 3 unspecified atom stereocenters. The fourth-order valence-corrected chi connectivity index (χ4v) is 6.57. The van der Waals surface area contributed by atoms with Crippen molar-refractivity contribution in [1.82, 2.24) is 10.2 Å². The highest BCUT2D eigenvalue weighted by molar-refractivity contribution is 5.67. The number of allylic oxidation sites excluding steroid dienone is 2. The van der Waals surface area contributed by atoms with E-state index in [2.05, 4.69) is 64.2 Å². The number of unbranched alkanes of at least 4 members (excludes halogenated alkanes) is 16. The van der Waals surface area contributed by atoms with Gasteiger partial charge in [-0.25, -0.2) is 4.79 Å². The van der Waals surface area contributed by atoms with Crippen LogP contribution in [0.25, 0.3) is 0 Å². The van der Waals surface area contributed by atoms with Crippen LogP contribution in [0.2, 0.25) is 0 Å². The number of hydrogen-bond acceptors (Lipinski definition) is 3. The second-order valence-corrected chi connectivity index (χ2v) is 15.2. The van der Waals surface area contributed by atoms with E-state index in [-0.39, 0.29) is 6.09 Å². The minimum absolute atomic E-state index is 0.232. The monoisotopic (exact) mass is 649 g/mol. The largest absolute Gasteiger partial charge is 0.450 e. The van der Waals surface area contributed by atoms with Gasteiger partial charge < -0.3 is 15.0 Å². The molecule has 0 aromatic heterocycles. The van der Waals surface area contributed by atoms with E-state index < -0.39 is 0 Å². The Morgan fingerprint density at radius 3 is 1.61 bits per heavy atom. The molecule has 0 heterocycles. The summed E-state index contributed by atoms with van der Waals surface area (Å²) in [6, 6.07) is 0. The van der Waals surface area contributed by atoms with Crippen molar-refractivity contribution in [3.63, 3.8) is 0 Å². The molecule has 0 fully saturated rings. The summed E-state index contributed by atoms with van der Waals surface area (Å²) in [6.07, 6.45) is 40.6. The van der Waals surface area contributed by atoms with Crippen LogP contribution in [0, 0.1) is 17.8 Å². The third-order valence-corrected chi connectivity index (χ3v) is 9.87. The van der Waals surface area contributed by atoms with E-state index in [1.54, 1.807) is 0 Å². The van der Waals surface area contributed by atoms with E-state index in [0.717, 1.165) is 31.3 Å². The molecule has 1 N–H and O–H groups in total. The lowest BCUT2D eigenvalue weighted by Gasteiger charge is -2.18. The van der Waals surface area contributed by atoms with Gasteiger partial charge in [0.25, 0.3) is 0 Å². The molecule has 4 heteroatoms. The number of alkyl carbamates (subject to hydrolysis) is 1. The van der Waals surface area contributed by atoms with Gasteiger partial charge in [-0.1, -0.05) is 181 Å². The Morgan fingerprint density at radius 1 is 0.609 bits per heavy atom. The molecule has 0 aliphatic heterocycles. The summed E-state index contributed by atoms with van der Waals surface area (Å²) >= 11 is 0. The summed E-state index contributed by atoms with van der Waals surface area (Å²) in [4.78, 5) is 14.4. The summed E-state index contributed by atoms with van der Waals surface area (Å²) in [6.45, 7) is 11.7. The van der Waals surface area contributed by atoms with Crippen molar-refractivity contribution >= 4 is 6.09 Å². The molecular weight excluding hydrogens is 564 g/mol. The number of nitrogens with zero attached hydrogens (tertiary/aromatic N) is 1. The Labute approximate surface area is 290 Å². The summed E-state index contributed by atoms with van der Waals surface area (Å²) in [5.74, 6) is 2.31. The quantitative estimate of drug-likeness (QED) is 0.0549. The molecule has 0 rings (SSSR count). The topological polar surface area (TPSA) is 41.6 Å². The van der Waals surface area contributed by atoms with Crippen LogP contribution in [-0.4, -0.2) is 44.8 Å². The molecule has 1 amide bonds. The standard InChI is InChI=1S/C42H84N2O2/c1-7-9-11-17-23-30-39(3)32-25-19-13-15-21-27-34-41(38-43-42(45)46-37-29-36-44(5)6)35-28-22-16-14-20-26-33-40(4)31-24-18-12-10-8-2/h17,23,39-41H,7-16,18-22,24-38H2,1-6H3,(H,43,45)/b23-17+. The third-order valence-electron chi connectivity index (χ3n) is 9.87. The highest BCUT2D eigenvalue weighted by Crippen LogP contribution is 2.21. The summed E-state index contributed by atoms with van der Waals surface area (Å²) in [5, 5.41) is 3.10. The molecule has 0 aliphatic rings. The summed E-state index contributed by atoms with van der Waals surface area (Å²) in [7, 11) is 4.11. The molecule has 0 aliphatic carbocycles. The lowest BCUT2D eigenvalue weighted by Crippen LogP contribution is -2.30. The fourth-order valence-electron chi connectivity index (χ4n) is 6.57. The van der Waals surface area contributed by atoms with Crippen molar-refractivity contribution in [3.05, 3.63) is 12.2 Å². The predicted molar refractivity (Wildman–Crippen MR) is 205 cm³/mol. The highest BCUT2D eigenvalue weighted by atomic mass is 16.5. The number of nitrogens with one attached hydrogen (secondary N) is 1. The number of carbonyl (C=O) groups is 1. The zero-order valence-electron chi connectivity index (χ0n) is 32.4. The van der Waals surface area contributed by atoms with Gasteiger partial charge in [0.15, 0.2) is 0 Å². The van der Waals surface area contributed by atoms with E-state index in [0.29, 0.717) is 12.5 Å². The Hall–Kier alpha value is -1.03. The molecule has 0 saturated carbocycles. The van der Waals surface area contributed by atoms with E-state index in [4.69, 9.17) is 4.74 Å². The molecule has 3 atom stereocenters. The van der Waals surface area contributed by atoms with Gasteiger partial charge in [0, 0.05) is 13.1 Å². The average Bonchev–Trinajstić information content (AvgIpc) is 3.03. The maximum Gasteiger partial charge on any atom is 0.407 e. The SMILES string of the molecule is CCCC/C=C/CC(C)CCCCCCCCC(CCCCCCCCC(C)CCCCCCC)CNC(=O)OCCCN(C)C. The number of ether oxygens (including phenoxy) is 1. The normalized spacial score (nSPS) is 13.8. The minimum Gasteiger partial charge on any atom is -0.450 e.